The lowest BCUT2D eigenvalue weighted by atomic mass is 9.69. The van der Waals surface area contributed by atoms with Gasteiger partial charge in [-0.3, -0.25) is 4.79 Å². The van der Waals surface area contributed by atoms with E-state index >= 15 is 0 Å². The molecule has 5 nitrogen and oxygen atoms in total. The average molecular weight is 508 g/mol. The van der Waals surface area contributed by atoms with E-state index in [-0.39, 0.29) is 51.9 Å². The molecular weight excluding hydrogens is 483 g/mol. The summed E-state index contributed by atoms with van der Waals surface area (Å²) >= 11 is 6.20. The van der Waals surface area contributed by atoms with Gasteiger partial charge in [0, 0.05) is 29.0 Å². The smallest absolute Gasteiger partial charge is 0.416 e. The van der Waals surface area contributed by atoms with Gasteiger partial charge in [-0.05, 0) is 56.0 Å². The lowest BCUT2D eigenvalue weighted by Crippen LogP contribution is -2.38. The fraction of sp³-hybridized carbons (Fsp3) is 0.385. The molecule has 1 aliphatic carbocycles. The van der Waals surface area contributed by atoms with Crippen LogP contribution in [0.4, 0.5) is 13.2 Å². The van der Waals surface area contributed by atoms with Crippen LogP contribution in [0, 0.1) is 5.41 Å². The largest absolute Gasteiger partial charge is 0.463 e. The van der Waals surface area contributed by atoms with Crippen molar-refractivity contribution >= 4 is 23.4 Å². The second kappa shape index (κ2) is 8.90. The summed E-state index contributed by atoms with van der Waals surface area (Å²) in [6.07, 6.45) is -3.68. The molecule has 35 heavy (non-hydrogen) atoms. The third-order valence-corrected chi connectivity index (χ3v) is 6.54. The predicted octanol–water partition coefficient (Wildman–Crippen LogP) is 6.79. The monoisotopic (exact) mass is 507 g/mol. The van der Waals surface area contributed by atoms with Crippen molar-refractivity contribution in [1.29, 1.82) is 0 Å². The Morgan fingerprint density at radius 1 is 1.23 bits per heavy atom. The maximum atomic E-state index is 13.3. The Morgan fingerprint density at radius 3 is 2.60 bits per heavy atom. The van der Waals surface area contributed by atoms with Crippen molar-refractivity contribution in [2.45, 2.75) is 52.6 Å². The molecule has 0 saturated carbocycles. The first-order valence-corrected chi connectivity index (χ1v) is 11.6. The zero-order valence-corrected chi connectivity index (χ0v) is 20.5. The van der Waals surface area contributed by atoms with E-state index in [1.807, 2.05) is 13.8 Å². The molecule has 1 aromatic carbocycles. The summed E-state index contributed by atoms with van der Waals surface area (Å²) in [7, 11) is 0. The standard InChI is InChI=1S/C26H25ClF3NO4/c1-5-34-24(33)21-13(2)31-17-11-25(3,4)12-18(32)22(17)23(21)20-9-8-19(35-20)15-10-14(26(28,29)30)6-7-16(15)27/h6-10,23,31H,5,11-12H2,1-4H3. The molecule has 2 heterocycles. The van der Waals surface area contributed by atoms with E-state index in [4.69, 9.17) is 20.8 Å². The molecule has 1 atom stereocenters. The van der Waals surface area contributed by atoms with E-state index in [1.54, 1.807) is 19.9 Å². The molecule has 186 valence electrons. The van der Waals surface area contributed by atoms with Crippen molar-refractivity contribution in [1.82, 2.24) is 5.32 Å². The lowest BCUT2D eigenvalue weighted by Gasteiger charge is -2.38. The molecule has 1 unspecified atom stereocenters. The molecule has 2 aliphatic rings. The van der Waals surface area contributed by atoms with Crippen LogP contribution in [0.2, 0.25) is 5.02 Å². The van der Waals surface area contributed by atoms with Gasteiger partial charge in [0.25, 0.3) is 0 Å². The van der Waals surface area contributed by atoms with Gasteiger partial charge < -0.3 is 14.5 Å². The summed E-state index contributed by atoms with van der Waals surface area (Å²) in [4.78, 5) is 26.2. The van der Waals surface area contributed by atoms with Crippen LogP contribution in [-0.4, -0.2) is 18.4 Å². The van der Waals surface area contributed by atoms with E-state index in [0.717, 1.165) is 18.2 Å². The molecule has 4 rings (SSSR count). The number of halogens is 4. The molecule has 0 fully saturated rings. The first kappa shape index (κ1) is 25.1. The van der Waals surface area contributed by atoms with Crippen LogP contribution in [0.1, 0.15) is 57.8 Å². The summed E-state index contributed by atoms with van der Waals surface area (Å²) in [6, 6.07) is 6.03. The van der Waals surface area contributed by atoms with Crippen LogP contribution in [0.5, 0.6) is 0 Å². The molecule has 0 amide bonds. The molecule has 0 spiro atoms. The maximum absolute atomic E-state index is 13.3. The minimum absolute atomic E-state index is 0.0605. The third kappa shape index (κ3) is 4.76. The summed E-state index contributed by atoms with van der Waals surface area (Å²) < 4.78 is 51.1. The number of ether oxygens (including phenoxy) is 1. The number of allylic oxidation sites excluding steroid dienone is 3. The Bertz CT molecular complexity index is 1270. The lowest BCUT2D eigenvalue weighted by molar-refractivity contribution is -0.139. The number of benzene rings is 1. The number of carbonyl (C=O) groups excluding carboxylic acids is 2. The number of furan rings is 1. The summed E-state index contributed by atoms with van der Waals surface area (Å²) in [6.45, 7) is 7.53. The van der Waals surface area contributed by atoms with Crippen molar-refractivity contribution in [3.05, 3.63) is 69.2 Å². The molecular formula is C26H25ClF3NO4. The normalized spacial score (nSPS) is 20.0. The Kier molecular flexibility index (Phi) is 6.38. The number of dihydropyridines is 1. The molecule has 1 N–H and O–H groups in total. The fourth-order valence-corrected chi connectivity index (χ4v) is 4.95. The first-order valence-electron chi connectivity index (χ1n) is 11.2. The van der Waals surface area contributed by atoms with Gasteiger partial charge in [-0.2, -0.15) is 13.2 Å². The predicted molar refractivity (Wildman–Crippen MR) is 124 cm³/mol. The minimum atomic E-state index is -4.55. The minimum Gasteiger partial charge on any atom is -0.463 e. The second-order valence-electron chi connectivity index (χ2n) is 9.54. The average Bonchev–Trinajstić information content (AvgIpc) is 3.21. The van der Waals surface area contributed by atoms with Crippen LogP contribution >= 0.6 is 11.6 Å². The van der Waals surface area contributed by atoms with E-state index in [2.05, 4.69) is 5.32 Å². The molecule has 2 aromatic rings. The highest BCUT2D eigenvalue weighted by molar-refractivity contribution is 6.33. The van der Waals surface area contributed by atoms with Crippen LogP contribution < -0.4 is 5.32 Å². The van der Waals surface area contributed by atoms with Gasteiger partial charge in [0.1, 0.15) is 11.5 Å². The number of alkyl halides is 3. The van der Waals surface area contributed by atoms with Gasteiger partial charge in [0.05, 0.1) is 28.7 Å². The van der Waals surface area contributed by atoms with Crippen molar-refractivity contribution < 1.29 is 31.9 Å². The number of hydrogen-bond acceptors (Lipinski definition) is 5. The van der Waals surface area contributed by atoms with E-state index in [1.165, 1.54) is 6.07 Å². The summed E-state index contributed by atoms with van der Waals surface area (Å²) in [5.74, 6) is -1.23. The molecule has 1 aliphatic heterocycles. The summed E-state index contributed by atoms with van der Waals surface area (Å²) in [5.41, 5.74) is 0.808. The van der Waals surface area contributed by atoms with Gasteiger partial charge in [-0.1, -0.05) is 25.4 Å². The molecule has 0 saturated heterocycles. The Hall–Kier alpha value is -3.00. The topological polar surface area (TPSA) is 68.5 Å². The number of Topliss-reactive ketones (excluding diaryl/α,β-unsaturated/α-hetero) is 1. The first-order chi connectivity index (χ1) is 16.3. The summed E-state index contributed by atoms with van der Waals surface area (Å²) in [5, 5.41) is 3.30. The van der Waals surface area contributed by atoms with Crippen LogP contribution in [0.25, 0.3) is 11.3 Å². The van der Waals surface area contributed by atoms with Crippen molar-refractivity contribution in [3.63, 3.8) is 0 Å². The number of hydrogen-bond donors (Lipinski definition) is 1. The third-order valence-electron chi connectivity index (χ3n) is 6.21. The number of ketones is 1. The highest BCUT2D eigenvalue weighted by Gasteiger charge is 2.44. The van der Waals surface area contributed by atoms with Crippen LogP contribution in [-0.2, 0) is 20.5 Å². The van der Waals surface area contributed by atoms with E-state index in [0.29, 0.717) is 23.4 Å². The van der Waals surface area contributed by atoms with Gasteiger partial charge in [0.15, 0.2) is 5.78 Å². The SMILES string of the molecule is CCOC(=O)C1=C(C)NC2=C(C(=O)CC(C)(C)C2)C1c1ccc(-c2cc(C(F)(F)F)ccc2Cl)o1. The number of nitrogens with one attached hydrogen (secondary N) is 1. The van der Waals surface area contributed by atoms with Crippen LogP contribution in [0.3, 0.4) is 0 Å². The number of carbonyl (C=O) groups is 2. The Balaban J connectivity index is 1.85. The van der Waals surface area contributed by atoms with Gasteiger partial charge >= 0.3 is 12.1 Å². The Morgan fingerprint density at radius 2 is 1.94 bits per heavy atom. The number of rotatable bonds is 4. The Labute approximate surface area is 206 Å². The van der Waals surface area contributed by atoms with Gasteiger partial charge in [-0.25, -0.2) is 4.79 Å². The molecule has 0 radical (unpaired) electrons. The van der Waals surface area contributed by atoms with E-state index in [9.17, 15) is 22.8 Å². The van der Waals surface area contributed by atoms with E-state index < -0.39 is 23.6 Å². The molecule has 0 bridgehead atoms. The highest BCUT2D eigenvalue weighted by atomic mass is 35.5. The van der Waals surface area contributed by atoms with Crippen molar-refractivity contribution in [3.8, 4) is 11.3 Å². The van der Waals surface area contributed by atoms with Crippen molar-refractivity contribution in [2.75, 3.05) is 6.61 Å². The number of esters is 1. The zero-order valence-electron chi connectivity index (χ0n) is 19.7. The quantitative estimate of drug-likeness (QED) is 0.462. The second-order valence-corrected chi connectivity index (χ2v) is 9.95. The van der Waals surface area contributed by atoms with Gasteiger partial charge in [-0.15, -0.1) is 0 Å². The fourth-order valence-electron chi connectivity index (χ4n) is 4.74. The molecule has 1 aromatic heterocycles. The zero-order chi connectivity index (χ0) is 25.7. The maximum Gasteiger partial charge on any atom is 0.416 e. The highest BCUT2D eigenvalue weighted by Crippen LogP contribution is 2.48. The molecule has 9 heteroatoms. The van der Waals surface area contributed by atoms with Crippen molar-refractivity contribution in [2.24, 2.45) is 5.41 Å². The van der Waals surface area contributed by atoms with Gasteiger partial charge in [0.2, 0.25) is 0 Å². The van der Waals surface area contributed by atoms with Crippen LogP contribution in [0.15, 0.2) is 57.3 Å².